The third-order valence-electron chi connectivity index (χ3n) is 3.09. The Hall–Kier alpha value is -2.02. The summed E-state index contributed by atoms with van der Waals surface area (Å²) in [5, 5.41) is 3.99. The molecule has 5 nitrogen and oxygen atoms in total. The van der Waals surface area contributed by atoms with E-state index in [-0.39, 0.29) is 11.0 Å². The number of thiocarbonyl (C=S) groups is 1. The number of hydrogen-bond acceptors (Lipinski definition) is 3. The van der Waals surface area contributed by atoms with Gasteiger partial charge in [-0.1, -0.05) is 29.3 Å². The van der Waals surface area contributed by atoms with Crippen molar-refractivity contribution in [2.45, 2.75) is 0 Å². The van der Waals surface area contributed by atoms with E-state index in [2.05, 4.69) is 16.2 Å². The SMILES string of the molecule is CN(C)c1cccc(C(=O)NNC(=S)Nc2ccc(Cl)c(Cl)c2)c1. The van der Waals surface area contributed by atoms with E-state index in [1.165, 1.54) is 0 Å². The average Bonchev–Trinajstić information content (AvgIpc) is 2.56. The maximum atomic E-state index is 12.2. The van der Waals surface area contributed by atoms with Crippen LogP contribution < -0.4 is 21.1 Å². The predicted molar refractivity (Wildman–Crippen MR) is 104 cm³/mol. The van der Waals surface area contributed by atoms with Gasteiger partial charge in [-0.2, -0.15) is 0 Å². The van der Waals surface area contributed by atoms with Gasteiger partial charge in [0.15, 0.2) is 5.11 Å². The van der Waals surface area contributed by atoms with Gasteiger partial charge in [0.1, 0.15) is 0 Å². The van der Waals surface area contributed by atoms with Crippen LogP contribution in [0, 0.1) is 0 Å². The standard InChI is InChI=1S/C16H16Cl2N4OS/c1-22(2)12-5-3-4-10(8-12)15(23)20-21-16(24)19-11-6-7-13(17)14(18)9-11/h3-9H,1-2H3,(H,20,23)(H2,19,21,24). The maximum Gasteiger partial charge on any atom is 0.269 e. The van der Waals surface area contributed by atoms with Crippen LogP contribution in [0.4, 0.5) is 11.4 Å². The molecule has 0 aliphatic rings. The Morgan fingerprint density at radius 2 is 1.79 bits per heavy atom. The van der Waals surface area contributed by atoms with Gasteiger partial charge in [-0.15, -0.1) is 0 Å². The van der Waals surface area contributed by atoms with E-state index in [1.807, 2.05) is 31.1 Å². The molecule has 0 saturated carbocycles. The van der Waals surface area contributed by atoms with E-state index in [0.717, 1.165) is 5.69 Å². The number of nitrogens with zero attached hydrogens (tertiary/aromatic N) is 1. The lowest BCUT2D eigenvalue weighted by molar-refractivity contribution is 0.0944. The van der Waals surface area contributed by atoms with E-state index < -0.39 is 0 Å². The first kappa shape index (κ1) is 18.3. The van der Waals surface area contributed by atoms with Crippen LogP contribution in [0.2, 0.25) is 10.0 Å². The molecule has 126 valence electrons. The van der Waals surface area contributed by atoms with Gasteiger partial charge in [0.25, 0.3) is 5.91 Å². The quantitative estimate of drug-likeness (QED) is 0.558. The van der Waals surface area contributed by atoms with Crippen molar-refractivity contribution in [3.8, 4) is 0 Å². The van der Waals surface area contributed by atoms with E-state index in [0.29, 0.717) is 21.3 Å². The fourth-order valence-electron chi connectivity index (χ4n) is 1.85. The van der Waals surface area contributed by atoms with E-state index >= 15 is 0 Å². The van der Waals surface area contributed by atoms with Gasteiger partial charge in [-0.25, -0.2) is 0 Å². The zero-order chi connectivity index (χ0) is 17.7. The van der Waals surface area contributed by atoms with Crippen molar-refractivity contribution in [2.24, 2.45) is 0 Å². The molecule has 2 rings (SSSR count). The molecule has 2 aromatic carbocycles. The molecule has 0 spiro atoms. The monoisotopic (exact) mass is 382 g/mol. The van der Waals surface area contributed by atoms with Crippen LogP contribution in [0.1, 0.15) is 10.4 Å². The number of carbonyl (C=O) groups excluding carboxylic acids is 1. The van der Waals surface area contributed by atoms with Crippen LogP contribution in [0.25, 0.3) is 0 Å². The normalized spacial score (nSPS) is 10.0. The molecule has 0 unspecified atom stereocenters. The molecule has 0 radical (unpaired) electrons. The highest BCUT2D eigenvalue weighted by Crippen LogP contribution is 2.24. The maximum absolute atomic E-state index is 12.2. The molecule has 0 bridgehead atoms. The lowest BCUT2D eigenvalue weighted by atomic mass is 10.2. The van der Waals surface area contributed by atoms with Crippen molar-refractivity contribution in [1.82, 2.24) is 10.9 Å². The highest BCUT2D eigenvalue weighted by Gasteiger charge is 2.08. The molecule has 0 saturated heterocycles. The summed E-state index contributed by atoms with van der Waals surface area (Å²) in [5.41, 5.74) is 7.29. The molecule has 8 heteroatoms. The van der Waals surface area contributed by atoms with Crippen molar-refractivity contribution in [1.29, 1.82) is 0 Å². The molecular formula is C16H16Cl2N4OS. The second kappa shape index (κ2) is 8.19. The first-order valence-corrected chi connectivity index (χ1v) is 8.13. The van der Waals surface area contributed by atoms with Crippen molar-refractivity contribution in [2.75, 3.05) is 24.3 Å². The molecule has 0 aromatic heterocycles. The Labute approximate surface area is 155 Å². The zero-order valence-corrected chi connectivity index (χ0v) is 15.4. The Kier molecular flexibility index (Phi) is 6.25. The molecule has 0 heterocycles. The Morgan fingerprint density at radius 3 is 2.46 bits per heavy atom. The molecule has 24 heavy (non-hydrogen) atoms. The van der Waals surface area contributed by atoms with Crippen molar-refractivity contribution in [3.63, 3.8) is 0 Å². The van der Waals surface area contributed by atoms with Crippen LogP contribution in [0.5, 0.6) is 0 Å². The minimum absolute atomic E-state index is 0.227. The Balaban J connectivity index is 1.92. The minimum atomic E-state index is -0.294. The number of nitrogens with one attached hydrogen (secondary N) is 3. The minimum Gasteiger partial charge on any atom is -0.378 e. The second-order valence-corrected chi connectivity index (χ2v) is 6.33. The van der Waals surface area contributed by atoms with Gasteiger partial charge in [0.2, 0.25) is 0 Å². The summed E-state index contributed by atoms with van der Waals surface area (Å²) >= 11 is 16.9. The molecule has 0 atom stereocenters. The number of carbonyl (C=O) groups is 1. The van der Waals surface area contributed by atoms with E-state index in [9.17, 15) is 4.79 Å². The molecule has 3 N–H and O–H groups in total. The summed E-state index contributed by atoms with van der Waals surface area (Å²) in [7, 11) is 3.82. The number of rotatable bonds is 3. The molecule has 2 aromatic rings. The van der Waals surface area contributed by atoms with Gasteiger partial charge in [0.05, 0.1) is 10.0 Å². The third kappa shape index (κ3) is 4.99. The van der Waals surface area contributed by atoms with Gasteiger partial charge >= 0.3 is 0 Å². The number of hydrazine groups is 1. The summed E-state index contributed by atoms with van der Waals surface area (Å²) in [5.74, 6) is -0.294. The van der Waals surface area contributed by atoms with Crippen LogP contribution in [0.15, 0.2) is 42.5 Å². The highest BCUT2D eigenvalue weighted by atomic mass is 35.5. The van der Waals surface area contributed by atoms with Crippen LogP contribution >= 0.6 is 35.4 Å². The zero-order valence-electron chi connectivity index (χ0n) is 13.1. The summed E-state index contributed by atoms with van der Waals surface area (Å²) in [6, 6.07) is 12.3. The lowest BCUT2D eigenvalue weighted by Crippen LogP contribution is -2.43. The topological polar surface area (TPSA) is 56.4 Å². The first-order chi connectivity index (χ1) is 11.4. The van der Waals surface area contributed by atoms with E-state index in [4.69, 9.17) is 35.4 Å². The molecular weight excluding hydrogens is 367 g/mol. The number of benzene rings is 2. The third-order valence-corrected chi connectivity index (χ3v) is 4.03. The molecule has 0 fully saturated rings. The Bertz CT molecular complexity index is 767. The number of halogens is 2. The highest BCUT2D eigenvalue weighted by molar-refractivity contribution is 7.80. The average molecular weight is 383 g/mol. The molecule has 0 aliphatic heterocycles. The smallest absolute Gasteiger partial charge is 0.269 e. The number of hydrogen-bond donors (Lipinski definition) is 3. The summed E-state index contributed by atoms with van der Waals surface area (Å²) in [4.78, 5) is 14.1. The van der Waals surface area contributed by atoms with Crippen LogP contribution in [0.3, 0.4) is 0 Å². The number of amides is 1. The number of anilines is 2. The summed E-state index contributed by atoms with van der Waals surface area (Å²) < 4.78 is 0. The second-order valence-electron chi connectivity index (χ2n) is 5.11. The first-order valence-electron chi connectivity index (χ1n) is 6.96. The fourth-order valence-corrected chi connectivity index (χ4v) is 2.31. The van der Waals surface area contributed by atoms with Crippen molar-refractivity contribution < 1.29 is 4.79 Å². The van der Waals surface area contributed by atoms with Crippen LogP contribution in [-0.2, 0) is 0 Å². The molecule has 0 aliphatic carbocycles. The van der Waals surface area contributed by atoms with Gasteiger partial charge in [0, 0.05) is 31.0 Å². The van der Waals surface area contributed by atoms with E-state index in [1.54, 1.807) is 30.3 Å². The molecule has 1 amide bonds. The predicted octanol–water partition coefficient (Wildman–Crippen LogP) is 3.69. The van der Waals surface area contributed by atoms with Crippen LogP contribution in [-0.4, -0.2) is 25.1 Å². The van der Waals surface area contributed by atoms with Crippen molar-refractivity contribution in [3.05, 3.63) is 58.1 Å². The van der Waals surface area contributed by atoms with Gasteiger partial charge in [-0.05, 0) is 48.6 Å². The summed E-state index contributed by atoms with van der Waals surface area (Å²) in [6.07, 6.45) is 0. The van der Waals surface area contributed by atoms with Crippen molar-refractivity contribution >= 4 is 57.8 Å². The Morgan fingerprint density at radius 1 is 1.04 bits per heavy atom. The summed E-state index contributed by atoms with van der Waals surface area (Å²) in [6.45, 7) is 0. The lowest BCUT2D eigenvalue weighted by Gasteiger charge is -2.14. The van der Waals surface area contributed by atoms with Gasteiger partial charge in [-0.3, -0.25) is 15.6 Å². The largest absolute Gasteiger partial charge is 0.378 e. The van der Waals surface area contributed by atoms with Gasteiger partial charge < -0.3 is 10.2 Å². The fraction of sp³-hybridized carbons (Fsp3) is 0.125.